The third-order valence-electron chi connectivity index (χ3n) is 0.735. The molecule has 0 radical (unpaired) electrons. The molecule has 4 heteroatoms. The standard InChI is InChI=1S/C5H10O4/c1-7-5(6)3-4-9-8-2/h3-4H2,1-2H3. The zero-order chi connectivity index (χ0) is 7.11. The summed E-state index contributed by atoms with van der Waals surface area (Å²) in [5.41, 5.74) is 0. The highest BCUT2D eigenvalue weighted by atomic mass is 17.2. The summed E-state index contributed by atoms with van der Waals surface area (Å²) in [4.78, 5) is 19.0. The molecular formula is C5H10O4. The first-order valence-electron chi connectivity index (χ1n) is 2.53. The van der Waals surface area contributed by atoms with Gasteiger partial charge in [-0.15, -0.1) is 0 Å². The molecule has 54 valence electrons. The summed E-state index contributed by atoms with van der Waals surface area (Å²) in [5.74, 6) is -0.299. The summed E-state index contributed by atoms with van der Waals surface area (Å²) < 4.78 is 4.32. The van der Waals surface area contributed by atoms with Gasteiger partial charge in [0.25, 0.3) is 0 Å². The Kier molecular flexibility index (Phi) is 5.15. The highest BCUT2D eigenvalue weighted by molar-refractivity contribution is 5.69. The summed E-state index contributed by atoms with van der Waals surface area (Å²) in [6.45, 7) is 0.239. The van der Waals surface area contributed by atoms with Crippen molar-refractivity contribution >= 4 is 5.97 Å². The molecule has 0 spiro atoms. The largest absolute Gasteiger partial charge is 0.469 e. The van der Waals surface area contributed by atoms with Gasteiger partial charge in [0.05, 0.1) is 27.2 Å². The van der Waals surface area contributed by atoms with E-state index >= 15 is 0 Å². The number of carbonyl (C=O) groups is 1. The minimum atomic E-state index is -0.299. The topological polar surface area (TPSA) is 44.8 Å². The van der Waals surface area contributed by atoms with Crippen molar-refractivity contribution < 1.29 is 19.3 Å². The second kappa shape index (κ2) is 5.53. The van der Waals surface area contributed by atoms with E-state index in [9.17, 15) is 4.79 Å². The molecule has 0 saturated carbocycles. The quantitative estimate of drug-likeness (QED) is 0.237. The van der Waals surface area contributed by atoms with Crippen LogP contribution < -0.4 is 0 Å². The van der Waals surface area contributed by atoms with E-state index in [-0.39, 0.29) is 19.0 Å². The van der Waals surface area contributed by atoms with E-state index in [1.54, 1.807) is 0 Å². The molecule has 0 aliphatic heterocycles. The minimum absolute atomic E-state index is 0.227. The van der Waals surface area contributed by atoms with Crippen LogP contribution in [-0.2, 0) is 19.3 Å². The Bertz CT molecular complexity index is 81.0. The zero-order valence-corrected chi connectivity index (χ0v) is 5.55. The number of ether oxygens (including phenoxy) is 1. The van der Waals surface area contributed by atoms with Gasteiger partial charge >= 0.3 is 5.97 Å². The number of hydrogen-bond donors (Lipinski definition) is 0. The molecule has 0 heterocycles. The molecule has 0 aliphatic rings. The first-order chi connectivity index (χ1) is 4.31. The van der Waals surface area contributed by atoms with Crippen LogP contribution in [0.5, 0.6) is 0 Å². The predicted molar refractivity (Wildman–Crippen MR) is 29.6 cm³/mol. The maximum atomic E-state index is 10.3. The molecule has 0 aromatic heterocycles. The van der Waals surface area contributed by atoms with E-state index in [1.165, 1.54) is 14.2 Å². The maximum Gasteiger partial charge on any atom is 0.307 e. The van der Waals surface area contributed by atoms with Crippen LogP contribution in [0.1, 0.15) is 6.42 Å². The van der Waals surface area contributed by atoms with Crippen LogP contribution in [0.2, 0.25) is 0 Å². The Morgan fingerprint density at radius 2 is 2.11 bits per heavy atom. The van der Waals surface area contributed by atoms with E-state index in [4.69, 9.17) is 0 Å². The summed E-state index contributed by atoms with van der Waals surface area (Å²) in [5, 5.41) is 0. The second-order valence-electron chi connectivity index (χ2n) is 1.31. The third-order valence-corrected chi connectivity index (χ3v) is 0.735. The van der Waals surface area contributed by atoms with Crippen molar-refractivity contribution in [2.24, 2.45) is 0 Å². The second-order valence-corrected chi connectivity index (χ2v) is 1.31. The van der Waals surface area contributed by atoms with E-state index in [2.05, 4.69) is 14.5 Å². The molecule has 0 bridgehead atoms. The average molecular weight is 134 g/mol. The fraction of sp³-hybridized carbons (Fsp3) is 0.800. The number of esters is 1. The van der Waals surface area contributed by atoms with E-state index in [1.807, 2.05) is 0 Å². The van der Waals surface area contributed by atoms with Gasteiger partial charge in [-0.3, -0.25) is 4.79 Å². The number of carbonyl (C=O) groups excluding carboxylic acids is 1. The fourth-order valence-corrected chi connectivity index (χ4v) is 0.310. The predicted octanol–water partition coefficient (Wildman–Crippen LogP) is 0.127. The van der Waals surface area contributed by atoms with Gasteiger partial charge in [-0.05, 0) is 0 Å². The minimum Gasteiger partial charge on any atom is -0.469 e. The summed E-state index contributed by atoms with van der Waals surface area (Å²) in [7, 11) is 2.71. The van der Waals surface area contributed by atoms with Gasteiger partial charge in [0.1, 0.15) is 0 Å². The Morgan fingerprint density at radius 1 is 1.44 bits per heavy atom. The molecule has 0 amide bonds. The van der Waals surface area contributed by atoms with E-state index in [0.29, 0.717) is 0 Å². The van der Waals surface area contributed by atoms with Gasteiger partial charge in [-0.2, -0.15) is 0 Å². The van der Waals surface area contributed by atoms with Gasteiger partial charge in [0.15, 0.2) is 0 Å². The van der Waals surface area contributed by atoms with Crippen molar-refractivity contribution in [2.75, 3.05) is 20.8 Å². The molecule has 0 aromatic carbocycles. The molecule has 0 N–H and O–H groups in total. The monoisotopic (exact) mass is 134 g/mol. The fourth-order valence-electron chi connectivity index (χ4n) is 0.310. The van der Waals surface area contributed by atoms with Crippen LogP contribution in [0.3, 0.4) is 0 Å². The van der Waals surface area contributed by atoms with Crippen molar-refractivity contribution in [1.29, 1.82) is 0 Å². The first kappa shape index (κ1) is 8.39. The highest BCUT2D eigenvalue weighted by Crippen LogP contribution is 1.84. The molecule has 0 aliphatic carbocycles. The molecule has 0 fully saturated rings. The molecule has 0 rings (SSSR count). The van der Waals surface area contributed by atoms with Crippen molar-refractivity contribution in [3.63, 3.8) is 0 Å². The van der Waals surface area contributed by atoms with Gasteiger partial charge in [-0.1, -0.05) is 0 Å². The molecule has 0 aromatic rings. The molecule has 9 heavy (non-hydrogen) atoms. The third kappa shape index (κ3) is 5.26. The molecule has 0 saturated heterocycles. The number of hydrogen-bond acceptors (Lipinski definition) is 4. The lowest BCUT2D eigenvalue weighted by Gasteiger charge is -1.97. The average Bonchev–Trinajstić information content (AvgIpc) is 1.89. The normalized spacial score (nSPS) is 9.11. The Balaban J connectivity index is 2.97. The lowest BCUT2D eigenvalue weighted by Crippen LogP contribution is -2.04. The van der Waals surface area contributed by atoms with Crippen molar-refractivity contribution in [1.82, 2.24) is 0 Å². The molecule has 4 nitrogen and oxygen atoms in total. The van der Waals surface area contributed by atoms with Crippen LogP contribution in [0, 0.1) is 0 Å². The molecular weight excluding hydrogens is 124 g/mol. The van der Waals surface area contributed by atoms with E-state index < -0.39 is 0 Å². The number of methoxy groups -OCH3 is 1. The van der Waals surface area contributed by atoms with Crippen molar-refractivity contribution in [3.05, 3.63) is 0 Å². The van der Waals surface area contributed by atoms with Crippen LogP contribution in [0.15, 0.2) is 0 Å². The molecule has 0 unspecified atom stereocenters. The number of rotatable bonds is 4. The lowest BCUT2D eigenvalue weighted by molar-refractivity contribution is -0.272. The van der Waals surface area contributed by atoms with Crippen LogP contribution in [0.4, 0.5) is 0 Å². The van der Waals surface area contributed by atoms with Gasteiger partial charge in [0.2, 0.25) is 0 Å². The van der Waals surface area contributed by atoms with Crippen molar-refractivity contribution in [2.45, 2.75) is 6.42 Å². The van der Waals surface area contributed by atoms with E-state index in [0.717, 1.165) is 0 Å². The van der Waals surface area contributed by atoms with Gasteiger partial charge in [0, 0.05) is 0 Å². The van der Waals surface area contributed by atoms with Crippen molar-refractivity contribution in [3.8, 4) is 0 Å². The lowest BCUT2D eigenvalue weighted by atomic mass is 10.5. The smallest absolute Gasteiger partial charge is 0.307 e. The summed E-state index contributed by atoms with van der Waals surface area (Å²) >= 11 is 0. The molecule has 0 atom stereocenters. The Morgan fingerprint density at radius 3 is 2.56 bits per heavy atom. The zero-order valence-electron chi connectivity index (χ0n) is 5.55. The SMILES string of the molecule is COOCCC(=O)OC. The van der Waals surface area contributed by atoms with Gasteiger partial charge in [-0.25, -0.2) is 9.78 Å². The van der Waals surface area contributed by atoms with Crippen LogP contribution in [0.25, 0.3) is 0 Å². The Labute approximate surface area is 53.6 Å². The van der Waals surface area contributed by atoms with Gasteiger partial charge < -0.3 is 4.74 Å². The first-order valence-corrected chi connectivity index (χ1v) is 2.53. The van der Waals surface area contributed by atoms with Crippen LogP contribution >= 0.6 is 0 Å². The summed E-state index contributed by atoms with van der Waals surface area (Å²) in [6, 6.07) is 0. The highest BCUT2D eigenvalue weighted by Gasteiger charge is 1.97. The summed E-state index contributed by atoms with van der Waals surface area (Å²) in [6.07, 6.45) is 0.227. The maximum absolute atomic E-state index is 10.3. The Hall–Kier alpha value is -0.610. The van der Waals surface area contributed by atoms with Crippen LogP contribution in [-0.4, -0.2) is 26.8 Å².